The summed E-state index contributed by atoms with van der Waals surface area (Å²) in [7, 11) is -10.9. The number of carbonyl (C=O) groups is 1. The van der Waals surface area contributed by atoms with E-state index in [1.807, 2.05) is 4.98 Å². The van der Waals surface area contributed by atoms with Crippen molar-refractivity contribution in [2.45, 2.75) is 56.1 Å². The maximum atomic E-state index is 12.2. The van der Waals surface area contributed by atoms with Crippen molar-refractivity contribution >= 4 is 21.9 Å². The number of phosphoric acid groups is 2. The molecule has 2 aliphatic rings. The first kappa shape index (κ1) is 28.9. The highest BCUT2D eigenvalue weighted by Crippen LogP contribution is 2.61. The fourth-order valence-corrected chi connectivity index (χ4v) is 5.68. The predicted molar refractivity (Wildman–Crippen MR) is 111 cm³/mol. The number of aldehydes is 1. The third kappa shape index (κ3) is 6.43. The van der Waals surface area contributed by atoms with E-state index in [2.05, 4.69) is 13.4 Å². The van der Waals surface area contributed by atoms with Gasteiger partial charge in [-0.3, -0.25) is 23.4 Å². The number of phosphoric ester groups is 2. The van der Waals surface area contributed by atoms with Crippen LogP contribution in [-0.2, 0) is 36.8 Å². The van der Waals surface area contributed by atoms with Crippen LogP contribution in [0.1, 0.15) is 13.2 Å². The summed E-state index contributed by atoms with van der Waals surface area (Å²) in [5.41, 5.74) is -1.72. The molecule has 36 heavy (non-hydrogen) atoms. The van der Waals surface area contributed by atoms with Gasteiger partial charge >= 0.3 is 21.3 Å². The van der Waals surface area contributed by atoms with Gasteiger partial charge in [0.15, 0.2) is 18.8 Å². The molecule has 1 aromatic heterocycles. The second-order valence-electron chi connectivity index (χ2n) is 7.93. The molecular weight excluding hydrogens is 538 g/mol. The lowest BCUT2D eigenvalue weighted by molar-refractivity contribution is -0.244. The summed E-state index contributed by atoms with van der Waals surface area (Å²) >= 11 is 0. The van der Waals surface area contributed by atoms with Gasteiger partial charge in [0.1, 0.15) is 30.5 Å². The van der Waals surface area contributed by atoms with E-state index in [0.717, 1.165) is 16.8 Å². The van der Waals surface area contributed by atoms with Gasteiger partial charge in [0.2, 0.25) is 0 Å². The number of H-pyrrole nitrogens is 1. The Kier molecular flexibility index (Phi) is 8.84. The van der Waals surface area contributed by atoms with Gasteiger partial charge in [-0.05, 0) is 0 Å². The van der Waals surface area contributed by atoms with Crippen LogP contribution in [0.5, 0.6) is 0 Å². The van der Waals surface area contributed by atoms with E-state index in [0.29, 0.717) is 0 Å². The molecule has 20 heteroatoms. The quantitative estimate of drug-likeness (QED) is 0.115. The number of aliphatic hydroxyl groups is 4. The van der Waals surface area contributed by atoms with E-state index in [1.54, 1.807) is 0 Å². The summed E-state index contributed by atoms with van der Waals surface area (Å²) in [6, 6.07) is 0.941. The van der Waals surface area contributed by atoms with Crippen LogP contribution >= 0.6 is 15.6 Å². The van der Waals surface area contributed by atoms with Gasteiger partial charge < -0.3 is 44.5 Å². The molecule has 11 atom stereocenters. The van der Waals surface area contributed by atoms with Gasteiger partial charge in [0.25, 0.3) is 5.56 Å². The molecule has 7 N–H and O–H groups in total. The van der Waals surface area contributed by atoms with Gasteiger partial charge in [0.05, 0.1) is 12.7 Å². The lowest BCUT2D eigenvalue weighted by Gasteiger charge is -2.39. The first-order valence-electron chi connectivity index (χ1n) is 10.2. The number of rotatable bonds is 9. The Morgan fingerprint density at radius 2 is 1.72 bits per heavy atom. The fourth-order valence-electron chi connectivity index (χ4n) is 3.46. The summed E-state index contributed by atoms with van der Waals surface area (Å²) in [4.78, 5) is 55.6. The highest BCUT2D eigenvalue weighted by molar-refractivity contribution is 7.61. The van der Waals surface area contributed by atoms with Crippen molar-refractivity contribution in [2.75, 3.05) is 6.61 Å². The zero-order chi connectivity index (χ0) is 27.0. The molecule has 0 spiro atoms. The van der Waals surface area contributed by atoms with Crippen molar-refractivity contribution in [1.29, 1.82) is 0 Å². The normalized spacial score (nSPS) is 38.2. The van der Waals surface area contributed by atoms with Crippen LogP contribution in [0.15, 0.2) is 21.9 Å². The third-order valence-corrected chi connectivity index (χ3v) is 7.99. The topological polar surface area (TPSA) is 274 Å². The van der Waals surface area contributed by atoms with Gasteiger partial charge in [-0.2, -0.15) is 4.31 Å². The average molecular weight is 562 g/mol. The maximum Gasteiger partial charge on any atom is 0.483 e. The van der Waals surface area contributed by atoms with Gasteiger partial charge in [-0.1, -0.05) is 6.92 Å². The highest BCUT2D eigenvalue weighted by Gasteiger charge is 2.48. The Balaban J connectivity index is 1.62. The van der Waals surface area contributed by atoms with Crippen LogP contribution in [0.25, 0.3) is 0 Å². The zero-order valence-electron chi connectivity index (χ0n) is 18.2. The Bertz CT molecular complexity index is 1160. The minimum atomic E-state index is -5.47. The second kappa shape index (κ2) is 11.0. The smallest absolute Gasteiger partial charge is 0.390 e. The number of aromatic nitrogens is 2. The van der Waals surface area contributed by atoms with Crippen LogP contribution < -0.4 is 11.2 Å². The molecule has 1 aromatic rings. The van der Waals surface area contributed by atoms with Crippen molar-refractivity contribution in [3.8, 4) is 0 Å². The molecule has 3 heterocycles. The molecule has 0 aliphatic carbocycles. The van der Waals surface area contributed by atoms with Crippen molar-refractivity contribution < 1.29 is 67.0 Å². The van der Waals surface area contributed by atoms with E-state index in [-0.39, 0.29) is 6.29 Å². The molecule has 18 nitrogen and oxygen atoms in total. The summed E-state index contributed by atoms with van der Waals surface area (Å²) in [5, 5.41) is 39.9. The third-order valence-electron chi connectivity index (χ3n) is 5.39. The molecule has 0 saturated carbocycles. The summed E-state index contributed by atoms with van der Waals surface area (Å²) in [5.74, 6) is -1.18. The molecule has 3 rings (SSSR count). The molecule has 204 valence electrons. The molecule has 0 bridgehead atoms. The highest BCUT2D eigenvalue weighted by atomic mass is 31.3. The maximum absolute atomic E-state index is 12.2. The number of carbonyl (C=O) groups excluding carboxylic acids is 1. The van der Waals surface area contributed by atoms with E-state index >= 15 is 0 Å². The van der Waals surface area contributed by atoms with E-state index in [9.17, 15) is 53.7 Å². The van der Waals surface area contributed by atoms with Gasteiger partial charge in [-0.15, -0.1) is 0 Å². The van der Waals surface area contributed by atoms with Crippen LogP contribution in [-0.4, -0.2) is 95.6 Å². The number of hydrogen-bond acceptors (Lipinski definition) is 14. The summed E-state index contributed by atoms with van der Waals surface area (Å²) < 4.78 is 48.7. The van der Waals surface area contributed by atoms with Crippen LogP contribution in [0.3, 0.4) is 0 Å². The number of aliphatic hydroxyl groups excluding tert-OH is 4. The molecule has 0 radical (unpaired) electrons. The SMILES string of the molecule is CC1[C@@H](O[P@@](=O)(O)O[P@@](=O)(O)OCC2OC(n3ccc(=O)[nH]c3=O)C(O)C2O)OC(C=O)[C@@H](O)[C@@H]1O. The van der Waals surface area contributed by atoms with Gasteiger partial charge in [0, 0.05) is 18.2 Å². The number of nitrogens with zero attached hydrogens (tertiary/aromatic N) is 1. The molecule has 2 aliphatic heterocycles. The Hall–Kier alpha value is -1.63. The summed E-state index contributed by atoms with van der Waals surface area (Å²) in [6.07, 6.45) is -12.2. The van der Waals surface area contributed by atoms with E-state index in [4.69, 9.17) is 9.47 Å². The Morgan fingerprint density at radius 3 is 2.33 bits per heavy atom. The number of aromatic amines is 1. The standard InChI is InChI=1S/C16H24N2O16P2/c1-6-10(21)11(22)7(4-19)32-15(6)33-36(28,29)34-35(26,27)30-5-8-12(23)13(24)14(31-8)18-3-2-9(20)17-16(18)25/h2-4,6-8,10-15,21-24H,5H2,1H3,(H,26,27)(H,28,29)(H,17,20,25)/t6?,7?,8?,10-,11-,12?,13?,14?,15-/m1/s1. The minimum absolute atomic E-state index is 0.106. The van der Waals surface area contributed by atoms with Crippen LogP contribution in [0, 0.1) is 5.92 Å². The fraction of sp³-hybridized carbons (Fsp3) is 0.688. The lowest BCUT2D eigenvalue weighted by atomic mass is 9.93. The van der Waals surface area contributed by atoms with E-state index < -0.39 is 88.6 Å². The lowest BCUT2D eigenvalue weighted by Crippen LogP contribution is -2.54. The van der Waals surface area contributed by atoms with Crippen LogP contribution in [0.4, 0.5) is 0 Å². The Morgan fingerprint density at radius 1 is 1.06 bits per heavy atom. The van der Waals surface area contributed by atoms with Gasteiger partial charge in [-0.25, -0.2) is 13.9 Å². The van der Waals surface area contributed by atoms with Crippen molar-refractivity contribution in [3.63, 3.8) is 0 Å². The first-order valence-corrected chi connectivity index (χ1v) is 13.1. The minimum Gasteiger partial charge on any atom is -0.390 e. The number of hydrogen-bond donors (Lipinski definition) is 7. The van der Waals surface area contributed by atoms with Crippen LogP contribution in [0.2, 0.25) is 0 Å². The second-order valence-corrected chi connectivity index (χ2v) is 10.9. The predicted octanol–water partition coefficient (Wildman–Crippen LogP) is -3.31. The van der Waals surface area contributed by atoms with Crippen molar-refractivity contribution in [3.05, 3.63) is 33.1 Å². The van der Waals surface area contributed by atoms with Crippen molar-refractivity contribution in [1.82, 2.24) is 9.55 Å². The molecular formula is C16H24N2O16P2. The van der Waals surface area contributed by atoms with Crippen molar-refractivity contribution in [2.24, 2.45) is 5.92 Å². The largest absolute Gasteiger partial charge is 0.483 e. The molecule has 2 fully saturated rings. The molecule has 2 saturated heterocycles. The first-order chi connectivity index (χ1) is 16.7. The monoisotopic (exact) mass is 562 g/mol. The Labute approximate surface area is 200 Å². The molecule has 0 amide bonds. The zero-order valence-corrected chi connectivity index (χ0v) is 20.0. The molecule has 6 unspecified atom stereocenters. The van der Waals surface area contributed by atoms with E-state index in [1.165, 1.54) is 6.92 Å². The number of nitrogens with one attached hydrogen (secondary N) is 1. The average Bonchev–Trinajstić information content (AvgIpc) is 3.06. The number of ether oxygens (including phenoxy) is 2. The molecule has 0 aromatic carbocycles. The summed E-state index contributed by atoms with van der Waals surface area (Å²) in [6.45, 7) is 0.234.